The smallest absolute Gasteiger partial charge is 0.325 e. The Balaban J connectivity index is 0.00000261. The molecule has 1 spiro atoms. The molecule has 27 heavy (non-hydrogen) atoms. The average Bonchev–Trinajstić information content (AvgIpc) is 2.88. The van der Waals surface area contributed by atoms with Crippen molar-refractivity contribution >= 4 is 30.3 Å². The first kappa shape index (κ1) is 22.0. The van der Waals surface area contributed by atoms with E-state index in [2.05, 4.69) is 17.6 Å². The van der Waals surface area contributed by atoms with Gasteiger partial charge in [-0.15, -0.1) is 12.4 Å². The van der Waals surface area contributed by atoms with E-state index in [1.165, 1.54) is 0 Å². The number of amides is 4. The number of piperidine rings is 1. The SMILES string of the molecule is CCNCC1CCN(C(=O)CN2C(=O)NC3(CCCCC3C)C2=O)CC1.Cl. The van der Waals surface area contributed by atoms with E-state index in [1.807, 2.05) is 6.92 Å². The number of hydrogen-bond acceptors (Lipinski definition) is 4. The highest BCUT2D eigenvalue weighted by molar-refractivity contribution is 6.09. The van der Waals surface area contributed by atoms with Gasteiger partial charge in [0.2, 0.25) is 5.91 Å². The summed E-state index contributed by atoms with van der Waals surface area (Å²) < 4.78 is 0. The molecule has 8 heteroatoms. The molecule has 0 aromatic heterocycles. The molecule has 2 N–H and O–H groups in total. The number of imide groups is 1. The van der Waals surface area contributed by atoms with Crippen LogP contribution < -0.4 is 10.6 Å². The van der Waals surface area contributed by atoms with Gasteiger partial charge < -0.3 is 15.5 Å². The summed E-state index contributed by atoms with van der Waals surface area (Å²) >= 11 is 0. The van der Waals surface area contributed by atoms with Crippen molar-refractivity contribution in [3.05, 3.63) is 0 Å². The Bertz CT molecular complexity index is 565. The molecular weight excluding hydrogens is 368 g/mol. The highest BCUT2D eigenvalue weighted by Gasteiger charge is 2.55. The maximum absolute atomic E-state index is 13.0. The Kier molecular flexibility index (Phi) is 7.51. The van der Waals surface area contributed by atoms with Crippen LogP contribution in [0.1, 0.15) is 52.4 Å². The zero-order valence-electron chi connectivity index (χ0n) is 16.5. The van der Waals surface area contributed by atoms with Gasteiger partial charge in [0.05, 0.1) is 0 Å². The second kappa shape index (κ2) is 9.24. The molecule has 3 aliphatic rings. The van der Waals surface area contributed by atoms with Gasteiger partial charge in [-0.3, -0.25) is 14.5 Å². The number of rotatable bonds is 5. The molecule has 0 aromatic carbocycles. The topological polar surface area (TPSA) is 81.8 Å². The lowest BCUT2D eigenvalue weighted by Crippen LogP contribution is -2.54. The molecule has 2 atom stereocenters. The summed E-state index contributed by atoms with van der Waals surface area (Å²) in [4.78, 5) is 41.0. The van der Waals surface area contributed by atoms with Gasteiger partial charge in [-0.25, -0.2) is 4.79 Å². The van der Waals surface area contributed by atoms with Crippen LogP contribution in [0.3, 0.4) is 0 Å². The van der Waals surface area contributed by atoms with Gasteiger partial charge in [-0.05, 0) is 50.6 Å². The van der Waals surface area contributed by atoms with Crippen molar-refractivity contribution in [1.82, 2.24) is 20.4 Å². The molecule has 4 amide bonds. The summed E-state index contributed by atoms with van der Waals surface area (Å²) in [6.45, 7) is 7.36. The van der Waals surface area contributed by atoms with Crippen LogP contribution >= 0.6 is 12.4 Å². The van der Waals surface area contributed by atoms with E-state index < -0.39 is 11.6 Å². The molecule has 7 nitrogen and oxygen atoms in total. The molecule has 3 fully saturated rings. The molecule has 2 heterocycles. The number of carbonyl (C=O) groups is 3. The van der Waals surface area contributed by atoms with Crippen molar-refractivity contribution in [3.8, 4) is 0 Å². The van der Waals surface area contributed by atoms with E-state index >= 15 is 0 Å². The van der Waals surface area contributed by atoms with Gasteiger partial charge in [-0.2, -0.15) is 0 Å². The maximum atomic E-state index is 13.0. The number of nitrogens with zero attached hydrogens (tertiary/aromatic N) is 2. The van der Waals surface area contributed by atoms with Crippen LogP contribution in [0.2, 0.25) is 0 Å². The average molecular weight is 401 g/mol. The third kappa shape index (κ3) is 4.40. The zero-order chi connectivity index (χ0) is 18.7. The summed E-state index contributed by atoms with van der Waals surface area (Å²) in [5.74, 6) is 0.401. The van der Waals surface area contributed by atoms with Gasteiger partial charge in [0.1, 0.15) is 12.1 Å². The molecule has 2 unspecified atom stereocenters. The van der Waals surface area contributed by atoms with Crippen LogP contribution in [-0.2, 0) is 9.59 Å². The zero-order valence-corrected chi connectivity index (χ0v) is 17.3. The number of likely N-dealkylation sites (tertiary alicyclic amines) is 1. The molecule has 3 rings (SSSR count). The third-order valence-electron chi connectivity index (χ3n) is 6.45. The predicted molar refractivity (Wildman–Crippen MR) is 106 cm³/mol. The first-order valence-electron chi connectivity index (χ1n) is 10.1. The van der Waals surface area contributed by atoms with Crippen LogP contribution in [0.4, 0.5) is 4.79 Å². The second-order valence-corrected chi connectivity index (χ2v) is 8.07. The number of hydrogen-bond donors (Lipinski definition) is 2. The normalized spacial score (nSPS) is 29.0. The number of carbonyl (C=O) groups excluding carboxylic acids is 3. The minimum absolute atomic E-state index is 0. The molecule has 2 aliphatic heterocycles. The number of halogens is 1. The Labute approximate surface area is 168 Å². The molecule has 1 aliphatic carbocycles. The van der Waals surface area contributed by atoms with Crippen LogP contribution in [0, 0.1) is 11.8 Å². The van der Waals surface area contributed by atoms with E-state index in [4.69, 9.17) is 0 Å². The van der Waals surface area contributed by atoms with E-state index in [0.717, 1.165) is 50.1 Å². The van der Waals surface area contributed by atoms with Gasteiger partial charge in [0, 0.05) is 13.1 Å². The quantitative estimate of drug-likeness (QED) is 0.689. The summed E-state index contributed by atoms with van der Waals surface area (Å²) in [5, 5.41) is 6.28. The molecular formula is C19H33ClN4O3. The van der Waals surface area contributed by atoms with E-state index in [-0.39, 0.29) is 36.7 Å². The van der Waals surface area contributed by atoms with E-state index in [0.29, 0.717) is 25.4 Å². The molecule has 0 bridgehead atoms. The van der Waals surface area contributed by atoms with Crippen molar-refractivity contribution in [2.24, 2.45) is 11.8 Å². The standard InChI is InChI=1S/C19H32N4O3.ClH/c1-3-20-12-15-7-10-22(11-8-15)16(24)13-23-17(25)19(21-18(23)26)9-5-4-6-14(19)2;/h14-15,20H,3-13H2,1-2H3,(H,21,26);1H. The minimum Gasteiger partial charge on any atom is -0.341 e. The second-order valence-electron chi connectivity index (χ2n) is 8.07. The van der Waals surface area contributed by atoms with Gasteiger partial charge in [0.25, 0.3) is 5.91 Å². The van der Waals surface area contributed by atoms with Crippen molar-refractivity contribution in [2.75, 3.05) is 32.7 Å². The van der Waals surface area contributed by atoms with Crippen molar-refractivity contribution < 1.29 is 14.4 Å². The van der Waals surface area contributed by atoms with Crippen molar-refractivity contribution in [2.45, 2.75) is 57.9 Å². The van der Waals surface area contributed by atoms with Gasteiger partial charge in [-0.1, -0.05) is 26.7 Å². The van der Waals surface area contributed by atoms with Gasteiger partial charge in [0.15, 0.2) is 0 Å². The Morgan fingerprint density at radius 3 is 2.56 bits per heavy atom. The highest BCUT2D eigenvalue weighted by atomic mass is 35.5. The molecule has 154 valence electrons. The summed E-state index contributed by atoms with van der Waals surface area (Å²) in [6, 6.07) is -0.404. The lowest BCUT2D eigenvalue weighted by atomic mass is 9.73. The lowest BCUT2D eigenvalue weighted by Gasteiger charge is -2.37. The van der Waals surface area contributed by atoms with Crippen molar-refractivity contribution in [1.29, 1.82) is 0 Å². The molecule has 1 saturated carbocycles. The fourth-order valence-electron chi connectivity index (χ4n) is 4.61. The summed E-state index contributed by atoms with van der Waals surface area (Å²) in [5.41, 5.74) is -0.783. The molecule has 0 aromatic rings. The largest absolute Gasteiger partial charge is 0.341 e. The molecule has 0 radical (unpaired) electrons. The maximum Gasteiger partial charge on any atom is 0.325 e. The van der Waals surface area contributed by atoms with Crippen molar-refractivity contribution in [3.63, 3.8) is 0 Å². The third-order valence-corrected chi connectivity index (χ3v) is 6.45. The van der Waals surface area contributed by atoms with Crippen LogP contribution in [0.15, 0.2) is 0 Å². The van der Waals surface area contributed by atoms with Crippen LogP contribution in [0.25, 0.3) is 0 Å². The van der Waals surface area contributed by atoms with Crippen LogP contribution in [0.5, 0.6) is 0 Å². The van der Waals surface area contributed by atoms with E-state index in [9.17, 15) is 14.4 Å². The number of nitrogens with one attached hydrogen (secondary N) is 2. The fourth-order valence-corrected chi connectivity index (χ4v) is 4.61. The summed E-state index contributed by atoms with van der Waals surface area (Å²) in [6.07, 6.45) is 5.59. The minimum atomic E-state index is -0.783. The summed E-state index contributed by atoms with van der Waals surface area (Å²) in [7, 11) is 0. The Morgan fingerprint density at radius 1 is 1.22 bits per heavy atom. The Morgan fingerprint density at radius 2 is 1.93 bits per heavy atom. The highest BCUT2D eigenvalue weighted by Crippen LogP contribution is 2.38. The first-order valence-corrected chi connectivity index (χ1v) is 10.1. The fraction of sp³-hybridized carbons (Fsp3) is 0.842. The Hall–Kier alpha value is -1.34. The van der Waals surface area contributed by atoms with Crippen LogP contribution in [-0.4, -0.2) is 65.9 Å². The predicted octanol–water partition coefficient (Wildman–Crippen LogP) is 1.76. The lowest BCUT2D eigenvalue weighted by molar-refractivity contribution is -0.141. The first-order chi connectivity index (χ1) is 12.5. The van der Waals surface area contributed by atoms with Gasteiger partial charge >= 0.3 is 6.03 Å². The monoisotopic (exact) mass is 400 g/mol. The number of urea groups is 1. The van der Waals surface area contributed by atoms with E-state index in [1.54, 1.807) is 4.90 Å². The molecule has 2 saturated heterocycles.